The Morgan fingerprint density at radius 2 is 2.00 bits per heavy atom. The van der Waals surface area contributed by atoms with Crippen LogP contribution in [-0.4, -0.2) is 15.1 Å². The van der Waals surface area contributed by atoms with Gasteiger partial charge in [-0.2, -0.15) is 0 Å². The fraction of sp³-hybridized carbons (Fsp3) is 0.167. The van der Waals surface area contributed by atoms with Gasteiger partial charge in [0.25, 0.3) is 0 Å². The molecule has 0 atom stereocenters. The summed E-state index contributed by atoms with van der Waals surface area (Å²) in [6.45, 7) is 1.96. The van der Waals surface area contributed by atoms with Gasteiger partial charge in [-0.05, 0) is 18.6 Å². The number of rotatable bonds is 2. The summed E-state index contributed by atoms with van der Waals surface area (Å²) in [7, 11) is 0. The van der Waals surface area contributed by atoms with Crippen LogP contribution < -0.4 is 0 Å². The third-order valence-corrected chi connectivity index (χ3v) is 2.26. The van der Waals surface area contributed by atoms with Crippen molar-refractivity contribution in [1.29, 1.82) is 0 Å². The summed E-state index contributed by atoms with van der Waals surface area (Å²) in [4.78, 5) is 8.46. The van der Waals surface area contributed by atoms with Gasteiger partial charge in [-0.15, -0.1) is 0 Å². The molecule has 0 saturated carbocycles. The molecule has 3 nitrogen and oxygen atoms in total. The Kier molecular flexibility index (Phi) is 2.74. The van der Waals surface area contributed by atoms with E-state index in [1.54, 1.807) is 12.3 Å². The number of hydrogen-bond donors (Lipinski definition) is 1. The number of aliphatic hydroxyl groups excluding tert-OH is 1. The maximum absolute atomic E-state index is 8.99. The standard InChI is InChI=1S/C12H12N2O/c1-9-4-2-3-5-11(9)12-13-7-6-10(8-15)14-12/h2-7,15H,8H2,1H3. The molecule has 1 aromatic carbocycles. The molecule has 0 saturated heterocycles. The molecular weight excluding hydrogens is 188 g/mol. The van der Waals surface area contributed by atoms with Crippen LogP contribution in [0.15, 0.2) is 36.5 Å². The molecule has 0 amide bonds. The van der Waals surface area contributed by atoms with Crippen LogP contribution in [0.3, 0.4) is 0 Å². The van der Waals surface area contributed by atoms with Crippen molar-refractivity contribution in [2.75, 3.05) is 0 Å². The van der Waals surface area contributed by atoms with Crippen molar-refractivity contribution in [2.45, 2.75) is 13.5 Å². The minimum atomic E-state index is -0.0542. The van der Waals surface area contributed by atoms with E-state index in [1.165, 1.54) is 0 Å². The Balaban J connectivity index is 2.49. The van der Waals surface area contributed by atoms with Crippen molar-refractivity contribution in [3.8, 4) is 11.4 Å². The van der Waals surface area contributed by atoms with E-state index in [4.69, 9.17) is 5.11 Å². The highest BCUT2D eigenvalue weighted by atomic mass is 16.3. The fourth-order valence-corrected chi connectivity index (χ4v) is 1.44. The highest BCUT2D eigenvalue weighted by molar-refractivity contribution is 5.59. The highest BCUT2D eigenvalue weighted by Crippen LogP contribution is 2.18. The Morgan fingerprint density at radius 1 is 1.20 bits per heavy atom. The monoisotopic (exact) mass is 200 g/mol. The van der Waals surface area contributed by atoms with E-state index >= 15 is 0 Å². The van der Waals surface area contributed by atoms with E-state index in [2.05, 4.69) is 9.97 Å². The Hall–Kier alpha value is -1.74. The lowest BCUT2D eigenvalue weighted by Gasteiger charge is -2.04. The summed E-state index contributed by atoms with van der Waals surface area (Å²) in [6, 6.07) is 9.64. The third kappa shape index (κ3) is 2.02. The number of aromatic nitrogens is 2. The molecule has 0 aliphatic heterocycles. The van der Waals surface area contributed by atoms with E-state index in [0.29, 0.717) is 11.5 Å². The first-order chi connectivity index (χ1) is 7.31. The fourth-order valence-electron chi connectivity index (χ4n) is 1.44. The summed E-state index contributed by atoms with van der Waals surface area (Å²) >= 11 is 0. The Morgan fingerprint density at radius 3 is 2.73 bits per heavy atom. The van der Waals surface area contributed by atoms with E-state index in [0.717, 1.165) is 11.1 Å². The number of aryl methyl sites for hydroxylation is 1. The summed E-state index contributed by atoms with van der Waals surface area (Å²) in [5, 5.41) is 8.99. The second kappa shape index (κ2) is 4.19. The van der Waals surface area contributed by atoms with E-state index in [-0.39, 0.29) is 6.61 Å². The smallest absolute Gasteiger partial charge is 0.159 e. The van der Waals surface area contributed by atoms with Crippen molar-refractivity contribution >= 4 is 0 Å². The molecule has 3 heteroatoms. The first-order valence-electron chi connectivity index (χ1n) is 4.80. The second-order valence-corrected chi connectivity index (χ2v) is 3.34. The van der Waals surface area contributed by atoms with Gasteiger partial charge in [-0.1, -0.05) is 24.3 Å². The first kappa shape index (κ1) is 9.80. The van der Waals surface area contributed by atoms with E-state index in [1.807, 2.05) is 31.2 Å². The molecule has 0 bridgehead atoms. The largest absolute Gasteiger partial charge is 0.390 e. The molecule has 0 radical (unpaired) electrons. The molecule has 2 rings (SSSR count). The van der Waals surface area contributed by atoms with Gasteiger partial charge in [0.05, 0.1) is 12.3 Å². The zero-order valence-corrected chi connectivity index (χ0v) is 8.51. The summed E-state index contributed by atoms with van der Waals surface area (Å²) in [6.07, 6.45) is 1.67. The van der Waals surface area contributed by atoms with E-state index in [9.17, 15) is 0 Å². The molecule has 0 aliphatic carbocycles. The number of nitrogens with zero attached hydrogens (tertiary/aromatic N) is 2. The maximum Gasteiger partial charge on any atom is 0.159 e. The van der Waals surface area contributed by atoms with Crippen LogP contribution >= 0.6 is 0 Å². The average Bonchev–Trinajstić information content (AvgIpc) is 2.30. The molecular formula is C12H12N2O. The van der Waals surface area contributed by atoms with Crippen LogP contribution in [0, 0.1) is 6.92 Å². The predicted octanol–water partition coefficient (Wildman–Crippen LogP) is 1.94. The molecule has 2 aromatic rings. The van der Waals surface area contributed by atoms with Crippen molar-refractivity contribution in [3.05, 3.63) is 47.8 Å². The number of aliphatic hydroxyl groups is 1. The van der Waals surface area contributed by atoms with Gasteiger partial charge < -0.3 is 5.11 Å². The summed E-state index contributed by atoms with van der Waals surface area (Å²) in [5.41, 5.74) is 2.78. The molecule has 1 aromatic heterocycles. The van der Waals surface area contributed by atoms with Gasteiger partial charge in [0.15, 0.2) is 5.82 Å². The summed E-state index contributed by atoms with van der Waals surface area (Å²) < 4.78 is 0. The van der Waals surface area contributed by atoms with Gasteiger partial charge in [-0.3, -0.25) is 0 Å². The lowest BCUT2D eigenvalue weighted by Crippen LogP contribution is -1.95. The molecule has 0 fully saturated rings. The zero-order valence-electron chi connectivity index (χ0n) is 8.51. The first-order valence-corrected chi connectivity index (χ1v) is 4.80. The quantitative estimate of drug-likeness (QED) is 0.805. The Bertz CT molecular complexity index is 469. The minimum absolute atomic E-state index is 0.0542. The van der Waals surface area contributed by atoms with Crippen molar-refractivity contribution in [2.24, 2.45) is 0 Å². The zero-order chi connectivity index (χ0) is 10.7. The van der Waals surface area contributed by atoms with Gasteiger partial charge in [-0.25, -0.2) is 9.97 Å². The SMILES string of the molecule is Cc1ccccc1-c1nccc(CO)n1. The second-order valence-electron chi connectivity index (χ2n) is 3.34. The molecule has 1 N–H and O–H groups in total. The van der Waals surface area contributed by atoms with Crippen LogP contribution in [0.25, 0.3) is 11.4 Å². The summed E-state index contributed by atoms with van der Waals surface area (Å²) in [5.74, 6) is 0.666. The minimum Gasteiger partial charge on any atom is -0.390 e. The van der Waals surface area contributed by atoms with Crippen molar-refractivity contribution < 1.29 is 5.11 Å². The lowest BCUT2D eigenvalue weighted by atomic mass is 10.1. The van der Waals surface area contributed by atoms with Crippen LogP contribution in [0.2, 0.25) is 0 Å². The number of hydrogen-bond acceptors (Lipinski definition) is 3. The highest BCUT2D eigenvalue weighted by Gasteiger charge is 2.04. The van der Waals surface area contributed by atoms with E-state index < -0.39 is 0 Å². The third-order valence-electron chi connectivity index (χ3n) is 2.26. The molecule has 15 heavy (non-hydrogen) atoms. The van der Waals surface area contributed by atoms with Gasteiger partial charge in [0, 0.05) is 11.8 Å². The Labute approximate surface area is 88.5 Å². The predicted molar refractivity (Wildman–Crippen MR) is 58.1 cm³/mol. The average molecular weight is 200 g/mol. The van der Waals surface area contributed by atoms with Gasteiger partial charge in [0.1, 0.15) is 0 Å². The maximum atomic E-state index is 8.99. The molecule has 0 aliphatic rings. The molecule has 0 spiro atoms. The van der Waals surface area contributed by atoms with Crippen molar-refractivity contribution in [1.82, 2.24) is 9.97 Å². The van der Waals surface area contributed by atoms with Crippen LogP contribution in [-0.2, 0) is 6.61 Å². The van der Waals surface area contributed by atoms with Gasteiger partial charge >= 0.3 is 0 Å². The van der Waals surface area contributed by atoms with Crippen molar-refractivity contribution in [3.63, 3.8) is 0 Å². The van der Waals surface area contributed by atoms with Crippen LogP contribution in [0.5, 0.6) is 0 Å². The van der Waals surface area contributed by atoms with Crippen LogP contribution in [0.1, 0.15) is 11.3 Å². The molecule has 0 unspecified atom stereocenters. The van der Waals surface area contributed by atoms with Gasteiger partial charge in [0.2, 0.25) is 0 Å². The number of benzene rings is 1. The molecule has 1 heterocycles. The topological polar surface area (TPSA) is 46.0 Å². The normalized spacial score (nSPS) is 10.3. The van der Waals surface area contributed by atoms with Crippen LogP contribution in [0.4, 0.5) is 0 Å². The molecule has 76 valence electrons. The lowest BCUT2D eigenvalue weighted by molar-refractivity contribution is 0.277.